The Morgan fingerprint density at radius 1 is 1.27 bits per heavy atom. The van der Waals surface area contributed by atoms with Gasteiger partial charge in [0.15, 0.2) is 5.72 Å². The van der Waals surface area contributed by atoms with Gasteiger partial charge < -0.3 is 14.6 Å². The number of fused-ring (bicyclic) bond motifs is 2. The Labute approximate surface area is 128 Å². The van der Waals surface area contributed by atoms with Gasteiger partial charge in [-0.25, -0.2) is 0 Å². The molecule has 0 aliphatic carbocycles. The Morgan fingerprint density at radius 3 is 2.59 bits per heavy atom. The molecule has 1 aromatic carbocycles. The third kappa shape index (κ3) is 1.89. The van der Waals surface area contributed by atoms with E-state index >= 15 is 0 Å². The third-order valence-electron chi connectivity index (χ3n) is 4.28. The summed E-state index contributed by atoms with van der Waals surface area (Å²) in [5.41, 5.74) is 0.441. The van der Waals surface area contributed by atoms with Gasteiger partial charge in [-0.3, -0.25) is 9.59 Å². The lowest BCUT2D eigenvalue weighted by molar-refractivity contribution is -0.0515. The molecule has 0 saturated carbocycles. The zero-order valence-electron chi connectivity index (χ0n) is 13.3. The lowest BCUT2D eigenvalue weighted by Crippen LogP contribution is -2.43. The molecule has 0 saturated heterocycles. The van der Waals surface area contributed by atoms with Crippen molar-refractivity contribution in [1.29, 1.82) is 0 Å². The largest absolute Gasteiger partial charge is 0.353 e. The highest BCUT2D eigenvalue weighted by Gasteiger charge is 2.47. The molecule has 1 atom stereocenters. The summed E-state index contributed by atoms with van der Waals surface area (Å²) < 4.78 is 7.60. The van der Waals surface area contributed by atoms with E-state index < -0.39 is 5.72 Å². The van der Waals surface area contributed by atoms with Gasteiger partial charge in [-0.2, -0.15) is 0 Å². The fourth-order valence-electron chi connectivity index (χ4n) is 3.43. The van der Waals surface area contributed by atoms with Crippen molar-refractivity contribution in [3.63, 3.8) is 0 Å². The molecule has 0 bridgehead atoms. The molecule has 2 heterocycles. The number of methoxy groups -OCH3 is 1. The number of hydrogen-bond acceptors (Lipinski definition) is 3. The molecule has 116 valence electrons. The Hall–Kier alpha value is -2.14. The minimum Gasteiger partial charge on any atom is -0.353 e. The predicted octanol–water partition coefficient (Wildman–Crippen LogP) is 2.13. The van der Waals surface area contributed by atoms with E-state index in [2.05, 4.69) is 19.2 Å². The number of benzene rings is 1. The number of amides is 1. The monoisotopic (exact) mass is 300 g/mol. The first-order valence-corrected chi connectivity index (χ1v) is 7.41. The number of ether oxygens (including phenoxy) is 1. The Morgan fingerprint density at radius 2 is 1.95 bits per heavy atom. The lowest BCUT2D eigenvalue weighted by atomic mass is 9.95. The van der Waals surface area contributed by atoms with Gasteiger partial charge in [0.1, 0.15) is 5.56 Å². The molecule has 1 amide bonds. The molecule has 1 N–H and O–H groups in total. The van der Waals surface area contributed by atoms with Crippen LogP contribution >= 0.6 is 0 Å². The van der Waals surface area contributed by atoms with Crippen LogP contribution in [0, 0.1) is 5.92 Å². The fraction of sp³-hybridized carbons (Fsp3) is 0.412. The molecule has 0 unspecified atom stereocenters. The topological polar surface area (TPSA) is 60.3 Å². The van der Waals surface area contributed by atoms with Crippen LogP contribution in [-0.4, -0.2) is 17.6 Å². The van der Waals surface area contributed by atoms with Gasteiger partial charge in [0.25, 0.3) is 5.91 Å². The molecular formula is C17H20N2O3. The van der Waals surface area contributed by atoms with Crippen LogP contribution in [0.4, 0.5) is 0 Å². The van der Waals surface area contributed by atoms with E-state index in [-0.39, 0.29) is 16.9 Å². The van der Waals surface area contributed by atoms with E-state index in [1.54, 1.807) is 19.2 Å². The van der Waals surface area contributed by atoms with Crippen molar-refractivity contribution in [3.8, 4) is 0 Å². The molecular weight excluding hydrogens is 280 g/mol. The number of para-hydroxylation sites is 1. The van der Waals surface area contributed by atoms with Crippen LogP contribution in [0.2, 0.25) is 0 Å². The number of rotatable bonds is 3. The maximum atomic E-state index is 12.7. The first-order chi connectivity index (χ1) is 10.4. The molecule has 22 heavy (non-hydrogen) atoms. The zero-order valence-corrected chi connectivity index (χ0v) is 13.3. The summed E-state index contributed by atoms with van der Waals surface area (Å²) in [4.78, 5) is 25.2. The van der Waals surface area contributed by atoms with Crippen molar-refractivity contribution in [1.82, 2.24) is 9.88 Å². The number of hydrogen-bond donors (Lipinski definition) is 1. The highest BCUT2D eigenvalue weighted by atomic mass is 16.5. The number of carbonyl (C=O) groups is 1. The maximum absolute atomic E-state index is 12.7. The van der Waals surface area contributed by atoms with Crippen molar-refractivity contribution in [2.45, 2.75) is 26.0 Å². The summed E-state index contributed by atoms with van der Waals surface area (Å²) in [5.74, 6) is -0.0587. The minimum absolute atomic E-state index is 0.198. The second-order valence-corrected chi connectivity index (χ2v) is 6.21. The van der Waals surface area contributed by atoms with Gasteiger partial charge in [-0.05, 0) is 18.1 Å². The first-order valence-electron chi connectivity index (χ1n) is 7.41. The molecule has 1 aliphatic rings. The predicted molar refractivity (Wildman–Crippen MR) is 84.8 cm³/mol. The van der Waals surface area contributed by atoms with E-state index in [4.69, 9.17) is 4.74 Å². The van der Waals surface area contributed by atoms with Crippen LogP contribution < -0.4 is 10.7 Å². The number of carbonyl (C=O) groups excluding carboxylic acids is 1. The summed E-state index contributed by atoms with van der Waals surface area (Å²) in [6.07, 6.45) is 0.605. The molecule has 1 aliphatic heterocycles. The highest BCUT2D eigenvalue weighted by molar-refractivity contribution is 6.02. The van der Waals surface area contributed by atoms with Gasteiger partial charge in [0.2, 0.25) is 5.43 Å². The van der Waals surface area contributed by atoms with Gasteiger partial charge in [0, 0.05) is 26.0 Å². The summed E-state index contributed by atoms with van der Waals surface area (Å²) in [6, 6.07) is 7.33. The van der Waals surface area contributed by atoms with Gasteiger partial charge in [0.05, 0.1) is 11.2 Å². The van der Waals surface area contributed by atoms with E-state index in [9.17, 15) is 9.59 Å². The second kappa shape index (κ2) is 4.95. The van der Waals surface area contributed by atoms with E-state index in [1.165, 1.54) is 0 Å². The Kier molecular flexibility index (Phi) is 3.33. The van der Waals surface area contributed by atoms with Crippen molar-refractivity contribution in [2.75, 3.05) is 7.11 Å². The average Bonchev–Trinajstić information content (AvgIpc) is 2.77. The number of aryl methyl sites for hydroxylation is 1. The smallest absolute Gasteiger partial charge is 0.259 e. The summed E-state index contributed by atoms with van der Waals surface area (Å²) in [7, 11) is 3.44. The molecule has 5 heteroatoms. The normalized spacial score (nSPS) is 20.5. The number of pyridine rings is 1. The van der Waals surface area contributed by atoms with E-state index in [1.807, 2.05) is 23.7 Å². The van der Waals surface area contributed by atoms with Crippen molar-refractivity contribution >= 4 is 16.8 Å². The van der Waals surface area contributed by atoms with Crippen LogP contribution in [0.1, 0.15) is 36.3 Å². The Bertz CT molecular complexity index is 822. The van der Waals surface area contributed by atoms with Crippen LogP contribution in [0.3, 0.4) is 0 Å². The molecule has 3 rings (SSSR count). The highest BCUT2D eigenvalue weighted by Crippen LogP contribution is 2.36. The SMILES string of the molecule is CO[C@]1(CC(C)C)NC(=O)c2c1n(C)c1ccccc1c2=O. The summed E-state index contributed by atoms with van der Waals surface area (Å²) >= 11 is 0. The van der Waals surface area contributed by atoms with Gasteiger partial charge in [-0.15, -0.1) is 0 Å². The molecule has 5 nitrogen and oxygen atoms in total. The van der Waals surface area contributed by atoms with E-state index in [0.29, 0.717) is 23.4 Å². The number of nitrogens with one attached hydrogen (secondary N) is 1. The average molecular weight is 300 g/mol. The molecule has 0 radical (unpaired) electrons. The van der Waals surface area contributed by atoms with Gasteiger partial charge in [-0.1, -0.05) is 26.0 Å². The van der Waals surface area contributed by atoms with Crippen molar-refractivity contribution < 1.29 is 9.53 Å². The quantitative estimate of drug-likeness (QED) is 0.944. The van der Waals surface area contributed by atoms with Crippen LogP contribution in [0.5, 0.6) is 0 Å². The third-order valence-corrected chi connectivity index (χ3v) is 4.28. The molecule has 1 aromatic heterocycles. The van der Waals surface area contributed by atoms with Crippen LogP contribution in [-0.2, 0) is 17.5 Å². The lowest BCUT2D eigenvalue weighted by Gasteiger charge is -2.32. The maximum Gasteiger partial charge on any atom is 0.259 e. The van der Waals surface area contributed by atoms with Crippen molar-refractivity contribution in [2.24, 2.45) is 13.0 Å². The Balaban J connectivity index is 2.42. The van der Waals surface area contributed by atoms with E-state index in [0.717, 1.165) is 5.52 Å². The zero-order chi connectivity index (χ0) is 16.1. The van der Waals surface area contributed by atoms with Crippen molar-refractivity contribution in [3.05, 3.63) is 45.7 Å². The molecule has 2 aromatic rings. The number of nitrogens with zero attached hydrogens (tertiary/aromatic N) is 1. The first kappa shape index (κ1) is 14.8. The van der Waals surface area contributed by atoms with Crippen LogP contribution in [0.15, 0.2) is 29.1 Å². The molecule has 0 spiro atoms. The summed E-state index contributed by atoms with van der Waals surface area (Å²) in [5, 5.41) is 3.44. The fourth-order valence-corrected chi connectivity index (χ4v) is 3.43. The van der Waals surface area contributed by atoms with Crippen LogP contribution in [0.25, 0.3) is 10.9 Å². The second-order valence-electron chi connectivity index (χ2n) is 6.21. The standard InChI is InChI=1S/C17H20N2O3/c1-10(2)9-17(22-4)15-13(16(21)18-17)14(20)11-7-5-6-8-12(11)19(15)3/h5-8,10H,9H2,1-4H3,(H,18,21)/t17-/m0/s1. The number of aromatic nitrogens is 1. The molecule has 0 fully saturated rings. The minimum atomic E-state index is -0.946. The van der Waals surface area contributed by atoms with Gasteiger partial charge >= 0.3 is 0 Å². The summed E-state index contributed by atoms with van der Waals surface area (Å²) in [6.45, 7) is 4.12.